The number of rotatable bonds is 3. The standard InChI is InChI=1S/C22H21ClN2O3/c1-13-5-12-20(27)25(13)15-8-6-14(7-9-15)16-3-2-4-17(21(16)23)18-10-11-19(26)24-22(18)28/h2-4,6-9,13,18H,5,10-12H2,1H3,(H,24,26,28)/t13-,18?/m1/s1. The van der Waals surface area contributed by atoms with E-state index >= 15 is 0 Å². The highest BCUT2D eigenvalue weighted by molar-refractivity contribution is 6.34. The molecule has 2 heterocycles. The largest absolute Gasteiger partial charge is 0.310 e. The highest BCUT2D eigenvalue weighted by Gasteiger charge is 2.31. The van der Waals surface area contributed by atoms with Crippen LogP contribution >= 0.6 is 11.6 Å². The van der Waals surface area contributed by atoms with Crippen LogP contribution in [0.3, 0.4) is 0 Å². The van der Waals surface area contributed by atoms with Crippen molar-refractivity contribution in [2.24, 2.45) is 0 Å². The number of carbonyl (C=O) groups is 3. The molecule has 1 unspecified atom stereocenters. The molecule has 6 heteroatoms. The average molecular weight is 397 g/mol. The van der Waals surface area contributed by atoms with Gasteiger partial charge in [-0.15, -0.1) is 0 Å². The Balaban J connectivity index is 1.64. The van der Waals surface area contributed by atoms with Gasteiger partial charge in [0.05, 0.1) is 10.9 Å². The van der Waals surface area contributed by atoms with E-state index in [2.05, 4.69) is 12.2 Å². The van der Waals surface area contributed by atoms with Crippen molar-refractivity contribution in [1.29, 1.82) is 0 Å². The summed E-state index contributed by atoms with van der Waals surface area (Å²) in [6.45, 7) is 2.05. The van der Waals surface area contributed by atoms with E-state index in [-0.39, 0.29) is 23.8 Å². The molecule has 0 aromatic heterocycles. The fourth-order valence-electron chi connectivity index (χ4n) is 4.06. The summed E-state index contributed by atoms with van der Waals surface area (Å²) in [6.07, 6.45) is 2.23. The molecule has 0 bridgehead atoms. The molecule has 2 atom stereocenters. The van der Waals surface area contributed by atoms with E-state index in [4.69, 9.17) is 11.6 Å². The van der Waals surface area contributed by atoms with Crippen LogP contribution in [-0.4, -0.2) is 23.8 Å². The van der Waals surface area contributed by atoms with Crippen LogP contribution in [-0.2, 0) is 14.4 Å². The molecular weight excluding hydrogens is 376 g/mol. The monoisotopic (exact) mass is 396 g/mol. The highest BCUT2D eigenvalue weighted by Crippen LogP contribution is 2.38. The van der Waals surface area contributed by atoms with Crippen molar-refractivity contribution < 1.29 is 14.4 Å². The summed E-state index contributed by atoms with van der Waals surface area (Å²) in [6, 6.07) is 13.6. The summed E-state index contributed by atoms with van der Waals surface area (Å²) in [5.74, 6) is -0.812. The van der Waals surface area contributed by atoms with E-state index in [1.54, 1.807) is 0 Å². The Bertz CT molecular complexity index is 955. The zero-order valence-corrected chi connectivity index (χ0v) is 16.3. The number of nitrogens with one attached hydrogen (secondary N) is 1. The van der Waals surface area contributed by atoms with Gasteiger partial charge in [0, 0.05) is 30.1 Å². The first kappa shape index (κ1) is 18.7. The summed E-state index contributed by atoms with van der Waals surface area (Å²) >= 11 is 6.66. The number of halogens is 1. The average Bonchev–Trinajstić information content (AvgIpc) is 3.01. The lowest BCUT2D eigenvalue weighted by molar-refractivity contribution is -0.134. The third-order valence-electron chi connectivity index (χ3n) is 5.59. The van der Waals surface area contributed by atoms with E-state index in [9.17, 15) is 14.4 Å². The highest BCUT2D eigenvalue weighted by atomic mass is 35.5. The van der Waals surface area contributed by atoms with Gasteiger partial charge in [0.15, 0.2) is 0 Å². The summed E-state index contributed by atoms with van der Waals surface area (Å²) < 4.78 is 0. The minimum Gasteiger partial charge on any atom is -0.310 e. The third-order valence-corrected chi connectivity index (χ3v) is 6.01. The van der Waals surface area contributed by atoms with E-state index < -0.39 is 5.92 Å². The number of hydrogen-bond donors (Lipinski definition) is 1. The Labute approximate surface area is 168 Å². The van der Waals surface area contributed by atoms with E-state index in [0.29, 0.717) is 24.3 Å². The predicted octanol–water partition coefficient (Wildman–Crippen LogP) is 4.04. The summed E-state index contributed by atoms with van der Waals surface area (Å²) in [4.78, 5) is 37.6. The molecule has 2 aliphatic rings. The normalized spacial score (nSPS) is 22.5. The minimum atomic E-state index is -0.424. The van der Waals surface area contributed by atoms with Crippen molar-refractivity contribution in [1.82, 2.24) is 5.32 Å². The lowest BCUT2D eigenvalue weighted by Crippen LogP contribution is -2.39. The molecule has 2 aromatic carbocycles. The quantitative estimate of drug-likeness (QED) is 0.796. The first-order chi connectivity index (χ1) is 13.5. The number of benzene rings is 2. The molecule has 2 fully saturated rings. The number of carbonyl (C=O) groups excluding carboxylic acids is 3. The Morgan fingerprint density at radius 1 is 1.00 bits per heavy atom. The van der Waals surface area contributed by atoms with Gasteiger partial charge in [-0.05, 0) is 43.0 Å². The van der Waals surface area contributed by atoms with E-state index in [1.165, 1.54) is 0 Å². The van der Waals surface area contributed by atoms with Gasteiger partial charge in [-0.1, -0.05) is 41.9 Å². The van der Waals surface area contributed by atoms with Crippen LogP contribution in [0.1, 0.15) is 44.1 Å². The van der Waals surface area contributed by atoms with Crippen LogP contribution in [0, 0.1) is 0 Å². The second kappa shape index (κ2) is 7.40. The first-order valence-electron chi connectivity index (χ1n) is 9.50. The first-order valence-corrected chi connectivity index (χ1v) is 9.88. The van der Waals surface area contributed by atoms with E-state index in [0.717, 1.165) is 28.8 Å². The smallest absolute Gasteiger partial charge is 0.234 e. The summed E-state index contributed by atoms with van der Waals surface area (Å²) in [5, 5.41) is 2.91. The maximum absolute atomic E-state index is 12.2. The second-order valence-electron chi connectivity index (χ2n) is 7.41. The van der Waals surface area contributed by atoms with Gasteiger partial charge in [-0.25, -0.2) is 0 Å². The molecular formula is C22H21ClN2O3. The molecule has 0 aliphatic carbocycles. The van der Waals surface area contributed by atoms with Gasteiger partial charge < -0.3 is 4.90 Å². The maximum atomic E-state index is 12.2. The van der Waals surface area contributed by atoms with E-state index in [1.807, 2.05) is 47.4 Å². The molecule has 0 saturated carbocycles. The number of hydrogen-bond acceptors (Lipinski definition) is 3. The zero-order chi connectivity index (χ0) is 19.8. The van der Waals surface area contributed by atoms with Gasteiger partial charge in [-0.3, -0.25) is 19.7 Å². The van der Waals surface area contributed by atoms with Crippen LogP contribution in [0.5, 0.6) is 0 Å². The van der Waals surface area contributed by atoms with Gasteiger partial charge in [0.25, 0.3) is 0 Å². The van der Waals surface area contributed by atoms with Crippen LogP contribution in [0.2, 0.25) is 5.02 Å². The molecule has 2 aromatic rings. The molecule has 1 N–H and O–H groups in total. The Morgan fingerprint density at radius 2 is 1.75 bits per heavy atom. The maximum Gasteiger partial charge on any atom is 0.234 e. The fraction of sp³-hybridized carbons (Fsp3) is 0.318. The number of anilines is 1. The molecule has 4 rings (SSSR count). The predicted molar refractivity (Wildman–Crippen MR) is 108 cm³/mol. The SMILES string of the molecule is C[C@@H]1CCC(=O)N1c1ccc(-c2cccc(C3CCC(=O)NC3=O)c2Cl)cc1. The summed E-state index contributed by atoms with van der Waals surface area (Å²) in [5.41, 5.74) is 3.37. The van der Waals surface area contributed by atoms with Crippen LogP contribution in [0.4, 0.5) is 5.69 Å². The molecule has 5 nitrogen and oxygen atoms in total. The second-order valence-corrected chi connectivity index (χ2v) is 7.79. The Kier molecular flexibility index (Phi) is 4.94. The third kappa shape index (κ3) is 3.31. The number of imide groups is 1. The molecule has 0 radical (unpaired) electrons. The zero-order valence-electron chi connectivity index (χ0n) is 15.6. The van der Waals surface area contributed by atoms with Gasteiger partial charge in [0.2, 0.25) is 17.7 Å². The number of piperidine rings is 1. The van der Waals surface area contributed by atoms with Crippen molar-refractivity contribution in [2.45, 2.75) is 44.6 Å². The minimum absolute atomic E-state index is 0.151. The van der Waals surface area contributed by atoms with Gasteiger partial charge in [-0.2, -0.15) is 0 Å². The molecule has 28 heavy (non-hydrogen) atoms. The molecule has 2 aliphatic heterocycles. The van der Waals surface area contributed by atoms with Crippen molar-refractivity contribution in [3.8, 4) is 11.1 Å². The molecule has 3 amide bonds. The van der Waals surface area contributed by atoms with Crippen LogP contribution < -0.4 is 10.2 Å². The molecule has 144 valence electrons. The molecule has 0 spiro atoms. The Morgan fingerprint density at radius 3 is 2.39 bits per heavy atom. The number of amides is 3. The van der Waals surface area contributed by atoms with Crippen molar-refractivity contribution in [3.63, 3.8) is 0 Å². The topological polar surface area (TPSA) is 66.5 Å². The lowest BCUT2D eigenvalue weighted by atomic mass is 9.88. The van der Waals surface area contributed by atoms with Crippen LogP contribution in [0.25, 0.3) is 11.1 Å². The van der Waals surface area contributed by atoms with Crippen molar-refractivity contribution in [2.75, 3.05) is 4.90 Å². The molecule has 2 saturated heterocycles. The Hall–Kier alpha value is -2.66. The summed E-state index contributed by atoms with van der Waals surface area (Å²) in [7, 11) is 0. The lowest BCUT2D eigenvalue weighted by Gasteiger charge is -2.23. The van der Waals surface area contributed by atoms with Crippen molar-refractivity contribution >= 4 is 35.0 Å². The van der Waals surface area contributed by atoms with Crippen LogP contribution in [0.15, 0.2) is 42.5 Å². The fourth-order valence-corrected chi connectivity index (χ4v) is 4.43. The van der Waals surface area contributed by atoms with Crippen molar-refractivity contribution in [3.05, 3.63) is 53.1 Å². The number of nitrogens with zero attached hydrogens (tertiary/aromatic N) is 1. The van der Waals surface area contributed by atoms with Gasteiger partial charge in [0.1, 0.15) is 0 Å². The van der Waals surface area contributed by atoms with Gasteiger partial charge >= 0.3 is 0 Å².